The smallest absolute Gasteiger partial charge is 0.335 e. The molecule has 3 rings (SSSR count). The van der Waals surface area contributed by atoms with Gasteiger partial charge in [-0.15, -0.1) is 0 Å². The molecule has 208 valence electrons. The van der Waals surface area contributed by atoms with Gasteiger partial charge in [-0.3, -0.25) is 0 Å². The molecule has 38 heavy (non-hydrogen) atoms. The molecule has 0 radical (unpaired) electrons. The third-order valence-corrected chi connectivity index (χ3v) is 6.94. The number of benzene rings is 2. The zero-order valence-corrected chi connectivity index (χ0v) is 22.4. The molecule has 3 N–H and O–H groups in total. The lowest BCUT2D eigenvalue weighted by Gasteiger charge is -2.29. The maximum absolute atomic E-state index is 10.9. The van der Waals surface area contributed by atoms with Gasteiger partial charge < -0.3 is 29.7 Å². The van der Waals surface area contributed by atoms with Crippen molar-refractivity contribution in [1.29, 1.82) is 0 Å². The maximum atomic E-state index is 10.9. The van der Waals surface area contributed by atoms with Crippen LogP contribution >= 0.6 is 0 Å². The van der Waals surface area contributed by atoms with Gasteiger partial charge >= 0.3 is 5.97 Å². The first-order valence-corrected chi connectivity index (χ1v) is 13.4. The van der Waals surface area contributed by atoms with E-state index in [9.17, 15) is 15.0 Å². The molecule has 1 aliphatic rings. The second kappa shape index (κ2) is 15.5. The van der Waals surface area contributed by atoms with Crippen molar-refractivity contribution in [2.75, 3.05) is 44.9 Å². The van der Waals surface area contributed by atoms with Crippen LogP contribution in [0.15, 0.2) is 58.8 Å². The van der Waals surface area contributed by atoms with Crippen LogP contribution in [0.4, 0.5) is 17.1 Å². The van der Waals surface area contributed by atoms with Crippen LogP contribution in [0.5, 0.6) is 0 Å². The summed E-state index contributed by atoms with van der Waals surface area (Å²) in [7, 11) is 1.92. The molecule has 0 bridgehead atoms. The van der Waals surface area contributed by atoms with E-state index in [-0.39, 0.29) is 11.7 Å². The third kappa shape index (κ3) is 10.1. The minimum absolute atomic E-state index is 0.206. The van der Waals surface area contributed by atoms with Gasteiger partial charge in [0.05, 0.1) is 42.4 Å². The lowest BCUT2D eigenvalue weighted by atomic mass is 9.83. The Kier molecular flexibility index (Phi) is 12.1. The van der Waals surface area contributed by atoms with Crippen LogP contribution in [-0.2, 0) is 9.47 Å². The summed E-state index contributed by atoms with van der Waals surface area (Å²) in [5.74, 6) is 0.108. The first-order valence-electron chi connectivity index (χ1n) is 13.4. The Hall–Kier alpha value is -2.85. The average Bonchev–Trinajstić information content (AvgIpc) is 2.93. The number of carboxylic acid groups (broad SMARTS) is 1. The molecule has 0 aliphatic heterocycles. The van der Waals surface area contributed by atoms with Crippen LogP contribution in [-0.4, -0.2) is 73.5 Å². The third-order valence-electron chi connectivity index (χ3n) is 6.94. The number of carboxylic acids is 1. The van der Waals surface area contributed by atoms with Crippen LogP contribution in [0.3, 0.4) is 0 Å². The van der Waals surface area contributed by atoms with Crippen LogP contribution in [0.2, 0.25) is 0 Å². The lowest BCUT2D eigenvalue weighted by molar-refractivity contribution is -0.00257. The fourth-order valence-electron chi connectivity index (χ4n) is 4.46. The zero-order chi connectivity index (χ0) is 27.3. The summed E-state index contributed by atoms with van der Waals surface area (Å²) in [6, 6.07) is 13.7. The standard InChI is InChI=1S/C29H41N3O6/c1-3-27(33)19-37-17-21-4-6-22(7-5-21)18-38-20-28(34)16-32(2)26-14-12-25(13-15-26)31-30-24-10-8-23(9-11-24)29(35)36/h8-15,21-22,27-28,33-34H,3-7,16-20H2,1-2H3,(H,35,36). The van der Waals surface area contributed by atoms with Crippen LogP contribution < -0.4 is 4.90 Å². The quantitative estimate of drug-likeness (QED) is 0.272. The summed E-state index contributed by atoms with van der Waals surface area (Å²) < 4.78 is 11.5. The van der Waals surface area contributed by atoms with Crippen molar-refractivity contribution >= 4 is 23.0 Å². The molecule has 0 aromatic heterocycles. The van der Waals surface area contributed by atoms with Crippen LogP contribution in [0.1, 0.15) is 49.4 Å². The highest BCUT2D eigenvalue weighted by atomic mass is 16.5. The molecule has 1 saturated carbocycles. The van der Waals surface area contributed by atoms with Crippen molar-refractivity contribution < 1.29 is 29.6 Å². The highest BCUT2D eigenvalue weighted by molar-refractivity contribution is 5.87. The Morgan fingerprint density at radius 1 is 0.868 bits per heavy atom. The highest BCUT2D eigenvalue weighted by Gasteiger charge is 2.22. The van der Waals surface area contributed by atoms with E-state index in [0.717, 1.165) is 44.4 Å². The normalized spacial score (nSPS) is 19.4. The number of carbonyl (C=O) groups is 1. The van der Waals surface area contributed by atoms with Gasteiger partial charge in [0.1, 0.15) is 0 Å². The number of aliphatic hydroxyl groups excluding tert-OH is 2. The number of nitrogens with zero attached hydrogens (tertiary/aromatic N) is 3. The van der Waals surface area contributed by atoms with Crippen molar-refractivity contribution in [2.24, 2.45) is 22.1 Å². The number of azo groups is 1. The summed E-state index contributed by atoms with van der Waals surface area (Å²) in [5.41, 5.74) is 2.40. The number of hydrogen-bond acceptors (Lipinski definition) is 8. The first kappa shape index (κ1) is 29.7. The van der Waals surface area contributed by atoms with Gasteiger partial charge in [-0.1, -0.05) is 6.92 Å². The fourth-order valence-corrected chi connectivity index (χ4v) is 4.46. The minimum atomic E-state index is -0.977. The topological polar surface area (TPSA) is 124 Å². The molecule has 0 spiro atoms. The first-order chi connectivity index (χ1) is 18.3. The molecular weight excluding hydrogens is 486 g/mol. The van der Waals surface area contributed by atoms with E-state index in [2.05, 4.69) is 10.2 Å². The predicted molar refractivity (Wildman–Crippen MR) is 147 cm³/mol. The number of ether oxygens (including phenoxy) is 2. The van der Waals surface area contributed by atoms with Crippen molar-refractivity contribution in [3.05, 3.63) is 54.1 Å². The van der Waals surface area contributed by atoms with E-state index in [0.29, 0.717) is 49.6 Å². The largest absolute Gasteiger partial charge is 0.478 e. The Labute approximate surface area is 225 Å². The molecule has 2 aromatic carbocycles. The number of rotatable bonds is 15. The molecule has 2 atom stereocenters. The number of anilines is 1. The van der Waals surface area contributed by atoms with E-state index in [1.54, 1.807) is 12.1 Å². The monoisotopic (exact) mass is 527 g/mol. The lowest BCUT2D eigenvalue weighted by Crippen LogP contribution is -2.33. The zero-order valence-electron chi connectivity index (χ0n) is 22.4. The Morgan fingerprint density at radius 2 is 1.34 bits per heavy atom. The number of hydrogen-bond donors (Lipinski definition) is 3. The molecule has 1 fully saturated rings. The van der Waals surface area contributed by atoms with Crippen molar-refractivity contribution in [3.8, 4) is 0 Å². The molecule has 0 heterocycles. The number of aromatic carboxylic acids is 1. The second-order valence-corrected chi connectivity index (χ2v) is 10.1. The Bertz CT molecular complexity index is 990. The van der Waals surface area contributed by atoms with Crippen molar-refractivity contribution in [3.63, 3.8) is 0 Å². The van der Waals surface area contributed by atoms with Crippen LogP contribution in [0, 0.1) is 11.8 Å². The summed E-state index contributed by atoms with van der Waals surface area (Å²) >= 11 is 0. The van der Waals surface area contributed by atoms with Crippen molar-refractivity contribution in [1.82, 2.24) is 0 Å². The van der Waals surface area contributed by atoms with Gasteiger partial charge in [-0.2, -0.15) is 10.2 Å². The van der Waals surface area contributed by atoms with E-state index in [4.69, 9.17) is 14.6 Å². The Morgan fingerprint density at radius 3 is 1.82 bits per heavy atom. The molecule has 2 aromatic rings. The van der Waals surface area contributed by atoms with Crippen LogP contribution in [0.25, 0.3) is 0 Å². The van der Waals surface area contributed by atoms with E-state index >= 15 is 0 Å². The van der Waals surface area contributed by atoms with Gasteiger partial charge in [-0.05, 0) is 92.5 Å². The second-order valence-electron chi connectivity index (χ2n) is 10.1. The van der Waals surface area contributed by atoms with Gasteiger partial charge in [-0.25, -0.2) is 4.79 Å². The summed E-state index contributed by atoms with van der Waals surface area (Å²) in [5, 5.41) is 37.4. The number of likely N-dealkylation sites (N-methyl/N-ethyl adjacent to an activating group) is 1. The number of aliphatic hydroxyl groups is 2. The summed E-state index contributed by atoms with van der Waals surface area (Å²) in [6.45, 7) is 4.52. The fraction of sp³-hybridized carbons (Fsp3) is 0.552. The summed E-state index contributed by atoms with van der Waals surface area (Å²) in [4.78, 5) is 12.9. The SMILES string of the molecule is CCC(O)COCC1CCC(COCC(O)CN(C)c2ccc(N=Nc3ccc(C(=O)O)cc3)cc2)CC1. The van der Waals surface area contributed by atoms with Gasteiger partial charge in [0.2, 0.25) is 0 Å². The predicted octanol–water partition coefficient (Wildman–Crippen LogP) is 5.21. The molecule has 9 nitrogen and oxygen atoms in total. The van der Waals surface area contributed by atoms with Gasteiger partial charge in [0.25, 0.3) is 0 Å². The van der Waals surface area contributed by atoms with Crippen molar-refractivity contribution in [2.45, 2.75) is 51.2 Å². The molecule has 1 aliphatic carbocycles. The van der Waals surface area contributed by atoms with E-state index in [1.165, 1.54) is 12.1 Å². The minimum Gasteiger partial charge on any atom is -0.478 e. The molecule has 0 amide bonds. The summed E-state index contributed by atoms with van der Waals surface area (Å²) in [6.07, 6.45) is 4.22. The average molecular weight is 528 g/mol. The maximum Gasteiger partial charge on any atom is 0.335 e. The molecule has 0 saturated heterocycles. The van der Waals surface area contributed by atoms with E-state index in [1.807, 2.05) is 43.1 Å². The molecule has 9 heteroatoms. The molecule has 2 unspecified atom stereocenters. The highest BCUT2D eigenvalue weighted by Crippen LogP contribution is 2.29. The Balaban J connectivity index is 1.32. The molecular formula is C29H41N3O6. The van der Waals surface area contributed by atoms with Gasteiger partial charge in [0.15, 0.2) is 0 Å². The van der Waals surface area contributed by atoms with E-state index < -0.39 is 12.1 Å². The van der Waals surface area contributed by atoms with Gasteiger partial charge in [0, 0.05) is 32.5 Å².